The maximum absolute atomic E-state index is 13.3. The molecule has 0 saturated carbocycles. The van der Waals surface area contributed by atoms with Crippen molar-refractivity contribution in [1.29, 1.82) is 0 Å². The fourth-order valence-electron chi connectivity index (χ4n) is 0.975. The number of hydrogen-bond acceptors (Lipinski definition) is 1. The van der Waals surface area contributed by atoms with Gasteiger partial charge in [0, 0.05) is 5.88 Å². The van der Waals surface area contributed by atoms with E-state index in [0.717, 1.165) is 12.1 Å². The zero-order valence-electron chi connectivity index (χ0n) is 9.28. The summed E-state index contributed by atoms with van der Waals surface area (Å²) in [4.78, 5) is 11.6. The lowest BCUT2D eigenvalue weighted by Gasteiger charge is -2.20. The van der Waals surface area contributed by atoms with E-state index in [1.165, 1.54) is 0 Å². The summed E-state index contributed by atoms with van der Waals surface area (Å²) in [6.45, 7) is 3.10. The van der Waals surface area contributed by atoms with Crippen LogP contribution in [0.15, 0.2) is 12.1 Å². The highest BCUT2D eigenvalue weighted by atomic mass is 35.5. The minimum Gasteiger partial charge on any atom is -0.323 e. The van der Waals surface area contributed by atoms with Gasteiger partial charge in [0.2, 0.25) is 5.91 Å². The van der Waals surface area contributed by atoms with Gasteiger partial charge < -0.3 is 5.32 Å². The molecule has 0 atom stereocenters. The van der Waals surface area contributed by atoms with Gasteiger partial charge in [-0.2, -0.15) is 0 Å². The van der Waals surface area contributed by atoms with Crippen LogP contribution in [0.3, 0.4) is 0 Å². The van der Waals surface area contributed by atoms with E-state index in [-0.39, 0.29) is 5.88 Å². The van der Waals surface area contributed by atoms with Crippen LogP contribution in [0.4, 0.5) is 18.9 Å². The molecule has 1 aromatic rings. The first kappa shape index (κ1) is 13.8. The standard InChI is InChI=1S/C11H11ClF3NO/c1-11(2,5-12)10(17)16-7-4-3-6(13)8(14)9(7)15/h3-4H,5H2,1-2H3,(H,16,17). The molecule has 1 amide bonds. The van der Waals surface area contributed by atoms with Gasteiger partial charge >= 0.3 is 0 Å². The average molecular weight is 266 g/mol. The summed E-state index contributed by atoms with van der Waals surface area (Å²) in [6, 6.07) is 1.69. The largest absolute Gasteiger partial charge is 0.323 e. The van der Waals surface area contributed by atoms with Crippen molar-refractivity contribution < 1.29 is 18.0 Å². The molecular weight excluding hydrogens is 255 g/mol. The number of carbonyl (C=O) groups excluding carboxylic acids is 1. The number of rotatable bonds is 3. The van der Waals surface area contributed by atoms with Gasteiger partial charge in [-0.1, -0.05) is 0 Å². The van der Waals surface area contributed by atoms with E-state index >= 15 is 0 Å². The van der Waals surface area contributed by atoms with Crippen molar-refractivity contribution in [2.75, 3.05) is 11.2 Å². The van der Waals surface area contributed by atoms with Gasteiger partial charge in [-0.3, -0.25) is 4.79 Å². The minimum absolute atomic E-state index is 0.0180. The predicted octanol–water partition coefficient (Wildman–Crippen LogP) is 3.31. The zero-order valence-corrected chi connectivity index (χ0v) is 10.0. The Kier molecular flexibility index (Phi) is 4.03. The fraction of sp³-hybridized carbons (Fsp3) is 0.364. The van der Waals surface area contributed by atoms with Crippen LogP contribution >= 0.6 is 11.6 Å². The number of hydrogen-bond donors (Lipinski definition) is 1. The van der Waals surface area contributed by atoms with E-state index in [1.807, 2.05) is 0 Å². The lowest BCUT2D eigenvalue weighted by Crippen LogP contribution is -2.32. The Bertz CT molecular complexity index is 449. The molecule has 0 aliphatic rings. The number of anilines is 1. The molecule has 0 radical (unpaired) electrons. The first-order valence-corrected chi connectivity index (χ1v) is 5.34. The van der Waals surface area contributed by atoms with Gasteiger partial charge in [-0.15, -0.1) is 11.6 Å². The van der Waals surface area contributed by atoms with E-state index in [0.29, 0.717) is 0 Å². The third-order valence-electron chi connectivity index (χ3n) is 2.23. The van der Waals surface area contributed by atoms with Crippen LogP contribution in [0.1, 0.15) is 13.8 Å². The number of halogens is 4. The zero-order chi connectivity index (χ0) is 13.2. The smallest absolute Gasteiger partial charge is 0.231 e. The number of amides is 1. The molecule has 0 aliphatic carbocycles. The van der Waals surface area contributed by atoms with Crippen molar-refractivity contribution in [3.05, 3.63) is 29.6 Å². The summed E-state index contributed by atoms with van der Waals surface area (Å²) in [5.74, 6) is -4.91. The molecule has 0 fully saturated rings. The van der Waals surface area contributed by atoms with Crippen LogP contribution in [0.2, 0.25) is 0 Å². The monoisotopic (exact) mass is 265 g/mol. The second-order valence-electron chi connectivity index (χ2n) is 4.19. The van der Waals surface area contributed by atoms with Gasteiger partial charge in [0.05, 0.1) is 11.1 Å². The minimum atomic E-state index is -1.62. The Hall–Kier alpha value is -1.23. The summed E-state index contributed by atoms with van der Waals surface area (Å²) in [7, 11) is 0. The maximum Gasteiger partial charge on any atom is 0.231 e. The fourth-order valence-corrected chi connectivity index (χ4v) is 1.10. The molecule has 1 aromatic carbocycles. The Labute approximate surface area is 102 Å². The molecule has 0 spiro atoms. The van der Waals surface area contributed by atoms with Crippen LogP contribution in [0.5, 0.6) is 0 Å². The van der Waals surface area contributed by atoms with Crippen LogP contribution < -0.4 is 5.32 Å². The molecule has 0 bridgehead atoms. The van der Waals surface area contributed by atoms with Crippen molar-refractivity contribution in [2.24, 2.45) is 5.41 Å². The second kappa shape index (κ2) is 4.96. The summed E-state index contributed by atoms with van der Waals surface area (Å²) < 4.78 is 38.8. The lowest BCUT2D eigenvalue weighted by molar-refractivity contribution is -0.123. The Morgan fingerprint density at radius 1 is 1.29 bits per heavy atom. The summed E-state index contributed by atoms with van der Waals surface area (Å²) in [5.41, 5.74) is -1.34. The van der Waals surface area contributed by atoms with Gasteiger partial charge in [0.1, 0.15) is 0 Å². The average Bonchev–Trinajstić information content (AvgIpc) is 2.29. The quantitative estimate of drug-likeness (QED) is 0.659. The lowest BCUT2D eigenvalue weighted by atomic mass is 9.95. The van der Waals surface area contributed by atoms with Gasteiger partial charge in [0.15, 0.2) is 17.5 Å². The Balaban J connectivity index is 2.98. The molecule has 2 nitrogen and oxygen atoms in total. The molecule has 0 saturated heterocycles. The van der Waals surface area contributed by atoms with E-state index in [2.05, 4.69) is 5.32 Å². The molecule has 0 aliphatic heterocycles. The highest BCUT2D eigenvalue weighted by Crippen LogP contribution is 2.23. The molecule has 0 heterocycles. The van der Waals surface area contributed by atoms with Crippen LogP contribution in [0, 0.1) is 22.9 Å². The number of carbonyl (C=O) groups is 1. The van der Waals surface area contributed by atoms with Crippen molar-refractivity contribution in [2.45, 2.75) is 13.8 Å². The van der Waals surface area contributed by atoms with E-state index in [4.69, 9.17) is 11.6 Å². The summed E-state index contributed by atoms with van der Waals surface area (Å²) in [5, 5.41) is 2.16. The number of alkyl halides is 1. The van der Waals surface area contributed by atoms with Gasteiger partial charge in [0.25, 0.3) is 0 Å². The van der Waals surface area contributed by atoms with E-state index in [1.54, 1.807) is 13.8 Å². The van der Waals surface area contributed by atoms with E-state index < -0.39 is 34.5 Å². The third-order valence-corrected chi connectivity index (χ3v) is 2.90. The predicted molar refractivity (Wildman–Crippen MR) is 59.4 cm³/mol. The summed E-state index contributed by atoms with van der Waals surface area (Å²) >= 11 is 5.56. The Morgan fingerprint density at radius 3 is 2.41 bits per heavy atom. The van der Waals surface area contributed by atoms with E-state index in [9.17, 15) is 18.0 Å². The highest BCUT2D eigenvalue weighted by Gasteiger charge is 2.27. The van der Waals surface area contributed by atoms with Crippen molar-refractivity contribution >= 4 is 23.2 Å². The first-order chi connectivity index (χ1) is 7.79. The van der Waals surface area contributed by atoms with Gasteiger partial charge in [-0.05, 0) is 26.0 Å². The van der Waals surface area contributed by atoms with Crippen molar-refractivity contribution in [1.82, 2.24) is 0 Å². The maximum atomic E-state index is 13.3. The molecule has 6 heteroatoms. The third kappa shape index (κ3) is 2.91. The molecule has 0 aromatic heterocycles. The Morgan fingerprint density at radius 2 is 1.88 bits per heavy atom. The number of nitrogens with one attached hydrogen (secondary N) is 1. The molecule has 0 unspecified atom stereocenters. The topological polar surface area (TPSA) is 29.1 Å². The normalized spacial score (nSPS) is 11.4. The molecular formula is C11H11ClF3NO. The van der Waals surface area contributed by atoms with Crippen molar-refractivity contribution in [3.8, 4) is 0 Å². The van der Waals surface area contributed by atoms with Gasteiger partial charge in [-0.25, -0.2) is 13.2 Å². The number of benzene rings is 1. The molecule has 1 rings (SSSR count). The van der Waals surface area contributed by atoms with Crippen LogP contribution in [-0.2, 0) is 4.79 Å². The van der Waals surface area contributed by atoms with Crippen LogP contribution in [0.25, 0.3) is 0 Å². The molecule has 17 heavy (non-hydrogen) atoms. The van der Waals surface area contributed by atoms with Crippen LogP contribution in [-0.4, -0.2) is 11.8 Å². The summed E-state index contributed by atoms with van der Waals surface area (Å²) in [6.07, 6.45) is 0. The first-order valence-electron chi connectivity index (χ1n) is 4.80. The SMILES string of the molecule is CC(C)(CCl)C(=O)Nc1ccc(F)c(F)c1F. The highest BCUT2D eigenvalue weighted by molar-refractivity contribution is 6.20. The second-order valence-corrected chi connectivity index (χ2v) is 4.46. The van der Waals surface area contributed by atoms with Crippen molar-refractivity contribution in [3.63, 3.8) is 0 Å². The molecule has 1 N–H and O–H groups in total. The molecule has 94 valence electrons.